The molecule has 27 heavy (non-hydrogen) atoms. The molecule has 6 nitrogen and oxygen atoms in total. The van der Waals surface area contributed by atoms with Crippen molar-refractivity contribution in [2.45, 2.75) is 19.3 Å². The molecule has 0 spiro atoms. The van der Waals surface area contributed by atoms with Gasteiger partial charge in [-0.25, -0.2) is 9.97 Å². The fourth-order valence-corrected chi connectivity index (χ4v) is 3.03. The number of benzene rings is 1. The van der Waals surface area contributed by atoms with Crippen LogP contribution in [0.5, 0.6) is 0 Å². The molecule has 0 aliphatic heterocycles. The van der Waals surface area contributed by atoms with Crippen LogP contribution in [0.2, 0.25) is 0 Å². The number of halogens is 3. The van der Waals surface area contributed by atoms with Gasteiger partial charge in [0.25, 0.3) is 0 Å². The molecule has 0 radical (unpaired) electrons. The Morgan fingerprint density at radius 1 is 1.19 bits per heavy atom. The van der Waals surface area contributed by atoms with Gasteiger partial charge >= 0.3 is 6.18 Å². The fraction of sp³-hybridized carbons (Fsp3) is 0.235. The molecule has 0 aliphatic rings. The Bertz CT molecular complexity index is 901. The lowest BCUT2D eigenvalue weighted by Crippen LogP contribution is -2.36. The summed E-state index contributed by atoms with van der Waals surface area (Å²) in [6, 6.07) is 9.80. The molecular formula is C17H17F3N6S. The van der Waals surface area contributed by atoms with E-state index < -0.39 is 11.9 Å². The van der Waals surface area contributed by atoms with Crippen molar-refractivity contribution in [3.63, 3.8) is 0 Å². The van der Waals surface area contributed by atoms with E-state index >= 15 is 0 Å². The summed E-state index contributed by atoms with van der Waals surface area (Å²) in [7, 11) is 1.58. The summed E-state index contributed by atoms with van der Waals surface area (Å²) in [4.78, 5) is 15.1. The van der Waals surface area contributed by atoms with Crippen LogP contribution >= 0.6 is 11.3 Å². The molecule has 10 heteroatoms. The topological polar surface area (TPSA) is 78.0 Å². The van der Waals surface area contributed by atoms with E-state index in [0.717, 1.165) is 28.0 Å². The number of hydrogen-bond acceptors (Lipinski definition) is 4. The number of nitrogens with one attached hydrogen (secondary N) is 3. The number of rotatable bonds is 5. The number of aromatic nitrogens is 3. The van der Waals surface area contributed by atoms with Crippen LogP contribution in [0.3, 0.4) is 0 Å². The van der Waals surface area contributed by atoms with E-state index in [9.17, 15) is 13.2 Å². The van der Waals surface area contributed by atoms with Gasteiger partial charge in [-0.2, -0.15) is 13.2 Å². The first kappa shape index (κ1) is 18.9. The molecule has 1 aromatic carbocycles. The number of thiazole rings is 1. The predicted octanol–water partition coefficient (Wildman–Crippen LogP) is 3.42. The number of guanidine groups is 1. The highest BCUT2D eigenvalue weighted by atomic mass is 32.1. The Morgan fingerprint density at radius 3 is 2.59 bits per heavy atom. The Kier molecular flexibility index (Phi) is 5.75. The molecule has 3 aromatic rings. The van der Waals surface area contributed by atoms with Crippen LogP contribution in [0, 0.1) is 0 Å². The summed E-state index contributed by atoms with van der Waals surface area (Å²) in [5, 5.41) is 7.32. The number of alkyl halides is 3. The highest BCUT2D eigenvalue weighted by Crippen LogP contribution is 2.29. The van der Waals surface area contributed by atoms with E-state index in [1.54, 1.807) is 13.2 Å². The number of hydrogen-bond donors (Lipinski definition) is 3. The minimum absolute atomic E-state index is 0.147. The summed E-state index contributed by atoms with van der Waals surface area (Å²) in [6.07, 6.45) is -2.68. The maximum absolute atomic E-state index is 12.6. The molecule has 0 bridgehead atoms. The standard InChI is InChI=1S/C17H17F3N6S/c1-21-16(24-9-15-26-13(10-27-15)17(18,19)20)23-8-14-22-7-12(25-14)11-5-3-2-4-6-11/h2-7,10H,8-9H2,1H3,(H,22,25)(H2,21,23,24). The minimum Gasteiger partial charge on any atom is -0.350 e. The summed E-state index contributed by atoms with van der Waals surface area (Å²) in [5.74, 6) is 1.15. The zero-order valence-corrected chi connectivity index (χ0v) is 15.2. The summed E-state index contributed by atoms with van der Waals surface area (Å²) < 4.78 is 37.7. The third-order valence-electron chi connectivity index (χ3n) is 3.61. The summed E-state index contributed by atoms with van der Waals surface area (Å²) in [6.45, 7) is 0.534. The maximum Gasteiger partial charge on any atom is 0.434 e. The lowest BCUT2D eigenvalue weighted by molar-refractivity contribution is -0.140. The van der Waals surface area contributed by atoms with Crippen LogP contribution in [-0.4, -0.2) is 28.0 Å². The van der Waals surface area contributed by atoms with Gasteiger partial charge in [0.2, 0.25) is 0 Å². The zero-order chi connectivity index (χ0) is 19.3. The number of nitrogens with zero attached hydrogens (tertiary/aromatic N) is 3. The van der Waals surface area contributed by atoms with Gasteiger partial charge in [-0.3, -0.25) is 4.99 Å². The SMILES string of the molecule is CN=C(NCc1ncc(-c2ccccc2)[nH]1)NCc1nc(C(F)(F)F)cs1. The second-order valence-corrected chi connectivity index (χ2v) is 6.46. The first-order chi connectivity index (χ1) is 13.0. The van der Waals surface area contributed by atoms with Crippen molar-refractivity contribution in [1.29, 1.82) is 0 Å². The largest absolute Gasteiger partial charge is 0.434 e. The van der Waals surface area contributed by atoms with E-state index in [1.807, 2.05) is 30.3 Å². The minimum atomic E-state index is -4.43. The third kappa shape index (κ3) is 5.07. The predicted molar refractivity (Wildman–Crippen MR) is 98.2 cm³/mol. The highest BCUT2D eigenvalue weighted by Gasteiger charge is 2.33. The average molecular weight is 394 g/mol. The van der Waals surface area contributed by atoms with Gasteiger partial charge in [0, 0.05) is 12.4 Å². The molecule has 142 valence electrons. The van der Waals surface area contributed by atoms with Crippen LogP contribution in [0.25, 0.3) is 11.3 Å². The third-order valence-corrected chi connectivity index (χ3v) is 4.46. The van der Waals surface area contributed by atoms with Gasteiger partial charge in [0.1, 0.15) is 10.8 Å². The van der Waals surface area contributed by atoms with Crippen LogP contribution in [0.1, 0.15) is 16.5 Å². The first-order valence-corrected chi connectivity index (χ1v) is 8.89. The van der Waals surface area contributed by atoms with Crippen LogP contribution in [0.15, 0.2) is 46.9 Å². The van der Waals surface area contributed by atoms with Gasteiger partial charge < -0.3 is 15.6 Å². The molecule has 2 aromatic heterocycles. The van der Waals surface area contributed by atoms with Crippen LogP contribution in [-0.2, 0) is 19.3 Å². The molecule has 3 rings (SSSR count). The normalized spacial score (nSPS) is 12.2. The molecule has 2 heterocycles. The fourth-order valence-electron chi connectivity index (χ4n) is 2.29. The summed E-state index contributed by atoms with van der Waals surface area (Å²) >= 11 is 0.949. The Balaban J connectivity index is 1.52. The van der Waals surface area contributed by atoms with Crippen LogP contribution < -0.4 is 10.6 Å². The van der Waals surface area contributed by atoms with Crippen molar-refractivity contribution in [1.82, 2.24) is 25.6 Å². The second-order valence-electron chi connectivity index (χ2n) is 5.51. The number of H-pyrrole nitrogens is 1. The molecule has 0 unspecified atom stereocenters. The van der Waals surface area contributed by atoms with Crippen molar-refractivity contribution < 1.29 is 13.2 Å². The van der Waals surface area contributed by atoms with E-state index in [2.05, 4.69) is 30.6 Å². The van der Waals surface area contributed by atoms with Gasteiger partial charge in [-0.15, -0.1) is 11.3 Å². The Morgan fingerprint density at radius 2 is 1.93 bits per heavy atom. The molecule has 0 saturated heterocycles. The van der Waals surface area contributed by atoms with Crippen molar-refractivity contribution in [3.8, 4) is 11.3 Å². The maximum atomic E-state index is 12.6. The van der Waals surface area contributed by atoms with Crippen molar-refractivity contribution in [2.75, 3.05) is 7.05 Å². The van der Waals surface area contributed by atoms with E-state index in [-0.39, 0.29) is 6.54 Å². The van der Waals surface area contributed by atoms with Crippen molar-refractivity contribution in [3.05, 3.63) is 58.4 Å². The zero-order valence-electron chi connectivity index (χ0n) is 14.3. The quantitative estimate of drug-likeness (QED) is 0.458. The highest BCUT2D eigenvalue weighted by molar-refractivity contribution is 7.09. The van der Waals surface area contributed by atoms with Gasteiger partial charge in [0.15, 0.2) is 11.7 Å². The van der Waals surface area contributed by atoms with Gasteiger partial charge in [0.05, 0.1) is 25.0 Å². The van der Waals surface area contributed by atoms with E-state index in [1.165, 1.54) is 0 Å². The van der Waals surface area contributed by atoms with Crippen molar-refractivity contribution >= 4 is 17.3 Å². The molecule has 0 atom stereocenters. The Hall–Kier alpha value is -2.88. The first-order valence-electron chi connectivity index (χ1n) is 8.01. The van der Waals surface area contributed by atoms with Crippen LogP contribution in [0.4, 0.5) is 13.2 Å². The molecule has 0 saturated carbocycles. The molecule has 3 N–H and O–H groups in total. The van der Waals surface area contributed by atoms with Gasteiger partial charge in [-0.05, 0) is 5.56 Å². The monoisotopic (exact) mass is 394 g/mol. The van der Waals surface area contributed by atoms with E-state index in [4.69, 9.17) is 0 Å². The molecule has 0 amide bonds. The van der Waals surface area contributed by atoms with Gasteiger partial charge in [-0.1, -0.05) is 30.3 Å². The summed E-state index contributed by atoms with van der Waals surface area (Å²) in [5.41, 5.74) is 1.05. The second kappa shape index (κ2) is 8.21. The molecular weight excluding hydrogens is 377 g/mol. The number of aromatic amines is 1. The van der Waals surface area contributed by atoms with Crippen molar-refractivity contribution in [2.24, 2.45) is 4.99 Å². The lowest BCUT2D eigenvalue weighted by Gasteiger charge is -2.09. The Labute approximate surface area is 157 Å². The number of aliphatic imine (C=N–C) groups is 1. The number of imidazole rings is 1. The molecule has 0 fully saturated rings. The van der Waals surface area contributed by atoms with E-state index in [0.29, 0.717) is 23.3 Å². The molecule has 0 aliphatic carbocycles. The smallest absolute Gasteiger partial charge is 0.350 e. The average Bonchev–Trinajstić information content (AvgIpc) is 3.32. The lowest BCUT2D eigenvalue weighted by atomic mass is 10.2.